The molecule has 3 heteroatoms. The number of para-hydroxylation sites is 2. The van der Waals surface area contributed by atoms with E-state index in [1.807, 2.05) is 6.20 Å². The molecule has 9 aromatic carbocycles. The molecule has 3 nitrogen and oxygen atoms in total. The Labute approximate surface area is 300 Å². The second-order valence-corrected chi connectivity index (χ2v) is 13.6. The fraction of sp³-hybridized carbons (Fsp3) is 0. The van der Waals surface area contributed by atoms with Crippen LogP contribution in [0.3, 0.4) is 0 Å². The molecule has 0 bridgehead atoms. The average molecular weight is 662 g/mol. The van der Waals surface area contributed by atoms with Gasteiger partial charge in [0.2, 0.25) is 0 Å². The first kappa shape index (κ1) is 28.8. The Morgan fingerprint density at radius 1 is 0.385 bits per heavy atom. The highest BCUT2D eigenvalue weighted by Gasteiger charge is 2.20. The topological polar surface area (TPSA) is 21.1 Å². The molecule has 0 radical (unpaired) electrons. The molecule has 2 aromatic heterocycles. The van der Waals surface area contributed by atoms with Crippen LogP contribution in [0.2, 0.25) is 0 Å². The van der Waals surface area contributed by atoms with Crippen LogP contribution in [0.4, 0.5) is 17.1 Å². The Morgan fingerprint density at radius 2 is 1.06 bits per heavy atom. The third-order valence-corrected chi connectivity index (χ3v) is 10.7. The van der Waals surface area contributed by atoms with Gasteiger partial charge in [0, 0.05) is 33.4 Å². The second kappa shape index (κ2) is 11.3. The van der Waals surface area contributed by atoms with Crippen LogP contribution in [0.15, 0.2) is 188 Å². The van der Waals surface area contributed by atoms with Gasteiger partial charge in [-0.25, -0.2) is 0 Å². The molecule has 0 spiro atoms. The summed E-state index contributed by atoms with van der Waals surface area (Å²) < 4.78 is 2.42. The predicted molar refractivity (Wildman–Crippen MR) is 220 cm³/mol. The summed E-state index contributed by atoms with van der Waals surface area (Å²) in [6.07, 6.45) is 2.00. The first-order valence-corrected chi connectivity index (χ1v) is 17.8. The van der Waals surface area contributed by atoms with Crippen LogP contribution in [0, 0.1) is 0 Å². The Bertz CT molecular complexity index is 3090. The van der Waals surface area contributed by atoms with Gasteiger partial charge in [-0.15, -0.1) is 0 Å². The summed E-state index contributed by atoms with van der Waals surface area (Å²) in [6, 6.07) is 65.7. The second-order valence-electron chi connectivity index (χ2n) is 13.6. The molecule has 0 atom stereocenters. The van der Waals surface area contributed by atoms with Crippen molar-refractivity contribution in [2.45, 2.75) is 0 Å². The number of nitrogens with zero attached hydrogens (tertiary/aromatic N) is 3. The zero-order chi connectivity index (χ0) is 34.2. The van der Waals surface area contributed by atoms with Gasteiger partial charge in [0.25, 0.3) is 0 Å². The molecule has 2 heterocycles. The molecule has 0 aliphatic heterocycles. The molecule has 242 valence electrons. The Kier molecular flexibility index (Phi) is 6.25. The maximum absolute atomic E-state index is 5.10. The van der Waals surface area contributed by atoms with Gasteiger partial charge in [0.05, 0.1) is 28.6 Å². The molecule has 0 unspecified atom stereocenters. The summed E-state index contributed by atoms with van der Waals surface area (Å²) in [5.74, 6) is 0. The zero-order valence-corrected chi connectivity index (χ0v) is 28.2. The van der Waals surface area contributed by atoms with Crippen molar-refractivity contribution in [2.24, 2.45) is 0 Å². The zero-order valence-electron chi connectivity index (χ0n) is 28.2. The minimum atomic E-state index is 0.934. The quantitative estimate of drug-likeness (QED) is 0.171. The average Bonchev–Trinajstić information content (AvgIpc) is 3.54. The molecule has 0 saturated carbocycles. The number of anilines is 3. The van der Waals surface area contributed by atoms with Crippen molar-refractivity contribution in [3.8, 4) is 16.9 Å². The molecular weight excluding hydrogens is 631 g/mol. The van der Waals surface area contributed by atoms with Crippen molar-refractivity contribution >= 4 is 82.0 Å². The molecule has 0 amide bonds. The van der Waals surface area contributed by atoms with Gasteiger partial charge >= 0.3 is 0 Å². The van der Waals surface area contributed by atoms with Gasteiger partial charge in [-0.2, -0.15) is 0 Å². The van der Waals surface area contributed by atoms with Crippen LogP contribution in [0.25, 0.3) is 81.8 Å². The van der Waals surface area contributed by atoms with Crippen LogP contribution >= 0.6 is 0 Å². The fourth-order valence-electron chi connectivity index (χ4n) is 8.36. The summed E-state index contributed by atoms with van der Waals surface area (Å²) in [5.41, 5.74) is 8.73. The molecule has 0 aliphatic carbocycles. The van der Waals surface area contributed by atoms with E-state index in [1.165, 1.54) is 64.9 Å². The number of hydrogen-bond acceptors (Lipinski definition) is 2. The van der Waals surface area contributed by atoms with Gasteiger partial charge in [-0.05, 0) is 104 Å². The monoisotopic (exact) mass is 661 g/mol. The predicted octanol–water partition coefficient (Wildman–Crippen LogP) is 13.4. The lowest BCUT2D eigenvalue weighted by molar-refractivity contribution is 1.18. The van der Waals surface area contributed by atoms with E-state index in [2.05, 4.69) is 191 Å². The first-order valence-electron chi connectivity index (χ1n) is 17.8. The lowest BCUT2D eigenvalue weighted by Crippen LogP contribution is -2.10. The third-order valence-electron chi connectivity index (χ3n) is 10.7. The number of hydrogen-bond donors (Lipinski definition) is 0. The van der Waals surface area contributed by atoms with Gasteiger partial charge in [-0.3, -0.25) is 4.98 Å². The highest BCUT2D eigenvalue weighted by atomic mass is 15.1. The standard InChI is InChI=1S/C49H31N3/c1-3-14-38(15-4-1)51(40-23-20-32-10-7-8-11-35(32)28-40)41-24-27-44(50-31-41)36-22-25-42-45(29-36)52(39-16-5-2-6-17-39)46-30-37-19-18-33-12-9-13-34-21-26-43(49(42)46)48(37)47(33)34/h1-31H. The summed E-state index contributed by atoms with van der Waals surface area (Å²) >= 11 is 0. The van der Waals surface area contributed by atoms with E-state index in [-0.39, 0.29) is 0 Å². The summed E-state index contributed by atoms with van der Waals surface area (Å²) in [7, 11) is 0. The maximum atomic E-state index is 5.10. The number of aromatic nitrogens is 2. The third kappa shape index (κ3) is 4.36. The largest absolute Gasteiger partial charge is 0.309 e. The van der Waals surface area contributed by atoms with Gasteiger partial charge in [-0.1, -0.05) is 121 Å². The van der Waals surface area contributed by atoms with Crippen LogP contribution in [-0.4, -0.2) is 9.55 Å². The smallest absolute Gasteiger partial charge is 0.0704 e. The number of rotatable bonds is 5. The number of fused-ring (bicyclic) bond motifs is 5. The van der Waals surface area contributed by atoms with Crippen LogP contribution in [0.1, 0.15) is 0 Å². The summed E-state index contributed by atoms with van der Waals surface area (Å²) in [4.78, 5) is 7.38. The molecular formula is C49H31N3. The number of benzene rings is 9. The van der Waals surface area contributed by atoms with E-state index in [4.69, 9.17) is 4.98 Å². The lowest BCUT2D eigenvalue weighted by Gasteiger charge is -2.25. The van der Waals surface area contributed by atoms with Crippen LogP contribution < -0.4 is 4.90 Å². The highest BCUT2D eigenvalue weighted by molar-refractivity contribution is 6.33. The van der Waals surface area contributed by atoms with E-state index < -0.39 is 0 Å². The van der Waals surface area contributed by atoms with Gasteiger partial charge in [0.1, 0.15) is 0 Å². The first-order chi connectivity index (χ1) is 25.8. The van der Waals surface area contributed by atoms with Crippen molar-refractivity contribution in [3.05, 3.63) is 188 Å². The van der Waals surface area contributed by atoms with Gasteiger partial charge < -0.3 is 9.47 Å². The van der Waals surface area contributed by atoms with Crippen molar-refractivity contribution in [1.82, 2.24) is 9.55 Å². The van der Waals surface area contributed by atoms with E-state index >= 15 is 0 Å². The van der Waals surface area contributed by atoms with Crippen LogP contribution in [-0.2, 0) is 0 Å². The number of pyridine rings is 1. The van der Waals surface area contributed by atoms with Crippen molar-refractivity contribution < 1.29 is 0 Å². The molecule has 0 N–H and O–H groups in total. The van der Waals surface area contributed by atoms with E-state index in [9.17, 15) is 0 Å². The van der Waals surface area contributed by atoms with Crippen molar-refractivity contribution in [2.75, 3.05) is 4.90 Å². The van der Waals surface area contributed by atoms with E-state index in [1.54, 1.807) is 0 Å². The molecule has 0 fully saturated rings. The molecule has 11 aromatic rings. The summed E-state index contributed by atoms with van der Waals surface area (Å²) in [6.45, 7) is 0. The maximum Gasteiger partial charge on any atom is 0.0704 e. The minimum Gasteiger partial charge on any atom is -0.309 e. The summed E-state index contributed by atoms with van der Waals surface area (Å²) in [5, 5.41) is 12.8. The normalized spacial score (nSPS) is 11.8. The fourth-order valence-corrected chi connectivity index (χ4v) is 8.36. The molecule has 0 saturated heterocycles. The highest BCUT2D eigenvalue weighted by Crippen LogP contribution is 2.44. The SMILES string of the molecule is c1ccc(N(c2ccc(-c3ccc4c5c6ccc7cccc8ccc(cc5n(-c5ccccc5)c4c3)c6c87)nc2)c2ccc3ccccc3c2)cc1. The minimum absolute atomic E-state index is 0.934. The Balaban J connectivity index is 1.09. The molecule has 0 aliphatic rings. The molecule has 11 rings (SSSR count). The Hall–Kier alpha value is -6.97. The molecule has 52 heavy (non-hydrogen) atoms. The van der Waals surface area contributed by atoms with Crippen LogP contribution in [0.5, 0.6) is 0 Å². The van der Waals surface area contributed by atoms with Crippen molar-refractivity contribution in [1.29, 1.82) is 0 Å². The van der Waals surface area contributed by atoms with Gasteiger partial charge in [0.15, 0.2) is 0 Å². The lowest BCUT2D eigenvalue weighted by atomic mass is 9.92. The van der Waals surface area contributed by atoms with E-state index in [0.717, 1.165) is 34.0 Å². The Morgan fingerprint density at radius 3 is 1.87 bits per heavy atom. The van der Waals surface area contributed by atoms with E-state index in [0.29, 0.717) is 0 Å². The van der Waals surface area contributed by atoms with Crippen molar-refractivity contribution in [3.63, 3.8) is 0 Å².